The lowest BCUT2D eigenvalue weighted by molar-refractivity contribution is 0.481. The van der Waals surface area contributed by atoms with Gasteiger partial charge in [-0.2, -0.15) is 0 Å². The Hall–Kier alpha value is -0.590. The number of nitrogens with zero attached hydrogens (tertiary/aromatic N) is 1. The summed E-state index contributed by atoms with van der Waals surface area (Å²) in [6, 6.07) is 3.02. The molecule has 2 rings (SSSR count). The standard InChI is InChI=1S/C7H3BrClNO3S/c8-5-1-4-2-6(14(9,11)12)13-7(4)10-3-5/h1-3H. The molecule has 0 N–H and O–H groups in total. The fourth-order valence-corrected chi connectivity index (χ4v) is 2.03. The van der Waals surface area contributed by atoms with E-state index < -0.39 is 9.05 Å². The van der Waals surface area contributed by atoms with Crippen molar-refractivity contribution in [1.82, 2.24) is 4.98 Å². The van der Waals surface area contributed by atoms with E-state index >= 15 is 0 Å². The molecule has 0 aromatic carbocycles. The van der Waals surface area contributed by atoms with Crippen LogP contribution in [-0.2, 0) is 9.05 Å². The number of fused-ring (bicyclic) bond motifs is 1. The molecule has 0 saturated carbocycles. The van der Waals surface area contributed by atoms with Crippen LogP contribution in [0.3, 0.4) is 0 Å². The zero-order chi connectivity index (χ0) is 10.3. The van der Waals surface area contributed by atoms with Crippen molar-refractivity contribution in [3.63, 3.8) is 0 Å². The fourth-order valence-electron chi connectivity index (χ4n) is 1.00. The topological polar surface area (TPSA) is 60.2 Å². The van der Waals surface area contributed by atoms with Crippen LogP contribution < -0.4 is 0 Å². The quantitative estimate of drug-likeness (QED) is 0.759. The molecule has 4 nitrogen and oxygen atoms in total. The summed E-state index contributed by atoms with van der Waals surface area (Å²) in [6.45, 7) is 0. The molecule has 0 spiro atoms. The number of hydrogen-bond acceptors (Lipinski definition) is 4. The summed E-state index contributed by atoms with van der Waals surface area (Å²) in [6.07, 6.45) is 1.51. The maximum absolute atomic E-state index is 10.9. The van der Waals surface area contributed by atoms with Gasteiger partial charge < -0.3 is 4.42 Å². The van der Waals surface area contributed by atoms with Crippen LogP contribution in [0.1, 0.15) is 0 Å². The molecular weight excluding hydrogens is 294 g/mol. The Morgan fingerprint density at radius 2 is 2.14 bits per heavy atom. The summed E-state index contributed by atoms with van der Waals surface area (Å²) >= 11 is 3.21. The third-order valence-corrected chi connectivity index (χ3v) is 3.13. The van der Waals surface area contributed by atoms with Gasteiger partial charge in [0.15, 0.2) is 0 Å². The van der Waals surface area contributed by atoms with E-state index in [4.69, 9.17) is 15.1 Å². The molecule has 2 aromatic rings. The molecule has 2 aromatic heterocycles. The monoisotopic (exact) mass is 295 g/mol. The second-order valence-corrected chi connectivity index (χ2v) is 5.96. The minimum Gasteiger partial charge on any atom is -0.425 e. The molecule has 0 radical (unpaired) electrons. The molecule has 0 fully saturated rings. The summed E-state index contributed by atoms with van der Waals surface area (Å²) in [7, 11) is 1.28. The smallest absolute Gasteiger partial charge is 0.294 e. The lowest BCUT2D eigenvalue weighted by Crippen LogP contribution is -1.85. The van der Waals surface area contributed by atoms with E-state index in [2.05, 4.69) is 20.9 Å². The van der Waals surface area contributed by atoms with Crippen molar-refractivity contribution in [2.24, 2.45) is 0 Å². The van der Waals surface area contributed by atoms with Gasteiger partial charge in [0.1, 0.15) is 0 Å². The van der Waals surface area contributed by atoms with Crippen LogP contribution in [0.4, 0.5) is 0 Å². The minimum atomic E-state index is -3.83. The van der Waals surface area contributed by atoms with Gasteiger partial charge in [0, 0.05) is 32.8 Å². The van der Waals surface area contributed by atoms with E-state index in [-0.39, 0.29) is 10.8 Å². The van der Waals surface area contributed by atoms with E-state index in [1.165, 1.54) is 12.3 Å². The largest absolute Gasteiger partial charge is 0.425 e. The average Bonchev–Trinajstić information content (AvgIpc) is 2.45. The van der Waals surface area contributed by atoms with E-state index in [9.17, 15) is 8.42 Å². The van der Waals surface area contributed by atoms with Crippen LogP contribution >= 0.6 is 26.6 Å². The van der Waals surface area contributed by atoms with Crippen molar-refractivity contribution in [3.05, 3.63) is 22.8 Å². The molecule has 0 amide bonds. The van der Waals surface area contributed by atoms with E-state index in [0.29, 0.717) is 5.39 Å². The van der Waals surface area contributed by atoms with Crippen LogP contribution in [0.15, 0.2) is 32.3 Å². The Labute approximate surface area is 92.4 Å². The van der Waals surface area contributed by atoms with E-state index in [1.54, 1.807) is 6.07 Å². The number of aromatic nitrogens is 1. The van der Waals surface area contributed by atoms with Crippen LogP contribution in [0.25, 0.3) is 11.1 Å². The minimum absolute atomic E-state index is 0.243. The Bertz CT molecular complexity index is 592. The Kier molecular flexibility index (Phi) is 2.29. The predicted molar refractivity (Wildman–Crippen MR) is 54.7 cm³/mol. The van der Waals surface area contributed by atoms with Gasteiger partial charge in [-0.3, -0.25) is 0 Å². The Morgan fingerprint density at radius 1 is 1.43 bits per heavy atom. The number of rotatable bonds is 1. The van der Waals surface area contributed by atoms with Gasteiger partial charge in [0.05, 0.1) is 0 Å². The maximum atomic E-state index is 10.9. The van der Waals surface area contributed by atoms with Gasteiger partial charge in [-0.15, -0.1) is 0 Å². The highest BCUT2D eigenvalue weighted by atomic mass is 79.9. The predicted octanol–water partition coefficient (Wildman–Crippen LogP) is 2.52. The highest BCUT2D eigenvalue weighted by molar-refractivity contribution is 9.10. The molecule has 2 heterocycles. The normalized spacial score (nSPS) is 12.1. The van der Waals surface area contributed by atoms with Crippen molar-refractivity contribution < 1.29 is 12.8 Å². The first-order chi connectivity index (χ1) is 6.47. The molecule has 0 saturated heterocycles. The SMILES string of the molecule is O=S(=O)(Cl)c1cc2cc(Br)cnc2o1. The Balaban J connectivity index is 2.75. The highest BCUT2D eigenvalue weighted by Gasteiger charge is 2.16. The van der Waals surface area contributed by atoms with Crippen LogP contribution in [0, 0.1) is 0 Å². The number of furan rings is 1. The Morgan fingerprint density at radius 3 is 2.79 bits per heavy atom. The summed E-state index contributed by atoms with van der Waals surface area (Å²) < 4.78 is 27.5. The van der Waals surface area contributed by atoms with Crippen molar-refractivity contribution in [3.8, 4) is 0 Å². The van der Waals surface area contributed by atoms with E-state index in [1.807, 2.05) is 0 Å². The third-order valence-electron chi connectivity index (χ3n) is 1.56. The second-order valence-electron chi connectivity index (χ2n) is 2.55. The lowest BCUT2D eigenvalue weighted by atomic mass is 10.3. The fraction of sp³-hybridized carbons (Fsp3) is 0. The zero-order valence-corrected chi connectivity index (χ0v) is 9.73. The number of hydrogen-bond donors (Lipinski definition) is 0. The van der Waals surface area contributed by atoms with Gasteiger partial charge in [-0.25, -0.2) is 13.4 Å². The molecule has 7 heteroatoms. The van der Waals surface area contributed by atoms with Crippen molar-refractivity contribution in [2.75, 3.05) is 0 Å². The first kappa shape index (κ1) is 9.95. The van der Waals surface area contributed by atoms with Crippen molar-refractivity contribution in [2.45, 2.75) is 5.09 Å². The van der Waals surface area contributed by atoms with Gasteiger partial charge >= 0.3 is 0 Å². The molecule has 0 aliphatic heterocycles. The first-order valence-electron chi connectivity index (χ1n) is 3.46. The van der Waals surface area contributed by atoms with Crippen LogP contribution in [-0.4, -0.2) is 13.4 Å². The van der Waals surface area contributed by atoms with Gasteiger partial charge in [-0.1, -0.05) is 0 Å². The molecule has 0 unspecified atom stereocenters. The molecular formula is C7H3BrClNO3S. The highest BCUT2D eigenvalue weighted by Crippen LogP contribution is 2.25. The van der Waals surface area contributed by atoms with Crippen LogP contribution in [0.2, 0.25) is 0 Å². The van der Waals surface area contributed by atoms with E-state index in [0.717, 1.165) is 4.47 Å². The second kappa shape index (κ2) is 3.22. The zero-order valence-electron chi connectivity index (χ0n) is 6.57. The summed E-state index contributed by atoms with van der Waals surface area (Å²) in [5.41, 5.74) is 0.243. The van der Waals surface area contributed by atoms with Gasteiger partial charge in [0.2, 0.25) is 10.8 Å². The molecule has 0 bridgehead atoms. The molecule has 0 aliphatic carbocycles. The lowest BCUT2D eigenvalue weighted by Gasteiger charge is -1.87. The van der Waals surface area contributed by atoms with Gasteiger partial charge in [0.25, 0.3) is 9.05 Å². The third kappa shape index (κ3) is 1.77. The summed E-state index contributed by atoms with van der Waals surface area (Å²) in [4.78, 5) is 3.88. The number of pyridine rings is 1. The maximum Gasteiger partial charge on any atom is 0.294 e. The number of halogens is 2. The molecule has 74 valence electrons. The van der Waals surface area contributed by atoms with Gasteiger partial charge in [-0.05, 0) is 22.0 Å². The summed E-state index contributed by atoms with van der Waals surface area (Å²) in [5.74, 6) is 0. The average molecular weight is 297 g/mol. The van der Waals surface area contributed by atoms with Crippen molar-refractivity contribution >= 4 is 46.8 Å². The first-order valence-corrected chi connectivity index (χ1v) is 6.57. The molecule has 0 aliphatic rings. The van der Waals surface area contributed by atoms with Crippen molar-refractivity contribution in [1.29, 1.82) is 0 Å². The molecule has 0 atom stereocenters. The summed E-state index contributed by atoms with van der Waals surface area (Å²) in [5, 5.41) is 0.290. The van der Waals surface area contributed by atoms with Crippen LogP contribution in [0.5, 0.6) is 0 Å². The molecule has 14 heavy (non-hydrogen) atoms.